The van der Waals surface area contributed by atoms with E-state index in [0.29, 0.717) is 177 Å². The number of rotatable bonds is 25. The number of urea groups is 2. The number of halogens is 4. The summed E-state index contributed by atoms with van der Waals surface area (Å²) in [5.41, 5.74) is 5.86. The van der Waals surface area contributed by atoms with Gasteiger partial charge in [0.2, 0.25) is 20.0 Å². The van der Waals surface area contributed by atoms with Crippen LogP contribution in [0.15, 0.2) is 82.6 Å². The van der Waals surface area contributed by atoms with E-state index in [9.17, 15) is 26.4 Å². The molecule has 4 amide bonds. The van der Waals surface area contributed by atoms with Gasteiger partial charge >= 0.3 is 12.1 Å². The highest BCUT2D eigenvalue weighted by Crippen LogP contribution is 2.41. The van der Waals surface area contributed by atoms with Crippen molar-refractivity contribution in [2.45, 2.75) is 85.4 Å². The lowest BCUT2D eigenvalue weighted by Crippen LogP contribution is -2.41. The molecule has 24 heteroatoms. The number of likely N-dealkylation sites (N-methyl/N-ethyl adjacent to an activating group) is 2. The van der Waals surface area contributed by atoms with Gasteiger partial charge in [-0.2, -0.15) is 8.61 Å². The first-order valence-electron chi connectivity index (χ1n) is 27.4. The average Bonchev–Trinajstić information content (AvgIpc) is 3.54. The van der Waals surface area contributed by atoms with Crippen molar-refractivity contribution in [3.8, 4) is 0 Å². The lowest BCUT2D eigenvalue weighted by molar-refractivity contribution is -0.0134. The van der Waals surface area contributed by atoms with Crippen LogP contribution in [0, 0.1) is 0 Å². The Kier molecular flexibility index (Phi) is 23.0. The average molecular weight is 1230 g/mol. The minimum atomic E-state index is -3.72. The molecule has 0 spiro atoms. The number of nitrogens with zero attached hydrogens (tertiary/aromatic N) is 4. The number of benzene rings is 4. The lowest BCUT2D eigenvalue weighted by Gasteiger charge is -2.34. The summed E-state index contributed by atoms with van der Waals surface area (Å²) in [4.78, 5) is 29.3. The van der Waals surface area contributed by atoms with Crippen molar-refractivity contribution in [3.63, 3.8) is 0 Å². The van der Waals surface area contributed by atoms with Crippen molar-refractivity contribution < 1.29 is 45.4 Å². The maximum absolute atomic E-state index is 13.8. The van der Waals surface area contributed by atoms with Gasteiger partial charge < -0.3 is 50.0 Å². The number of carbonyl (C=O) groups excluding carboxylic acids is 2. The molecule has 4 aromatic rings. The normalized spacial score (nSPS) is 19.1. The highest BCUT2D eigenvalue weighted by Gasteiger charge is 2.34. The van der Waals surface area contributed by atoms with Gasteiger partial charge in [0.1, 0.15) is 0 Å². The van der Waals surface area contributed by atoms with Crippen molar-refractivity contribution in [2.75, 3.05) is 119 Å². The van der Waals surface area contributed by atoms with Crippen LogP contribution in [0.2, 0.25) is 20.1 Å². The first-order chi connectivity index (χ1) is 38.5. The zero-order chi connectivity index (χ0) is 56.8. The molecule has 2 fully saturated rings. The molecule has 0 saturated carbocycles. The predicted octanol–water partition coefficient (Wildman–Crippen LogP) is 7.91. The fraction of sp³-hybridized carbons (Fsp3) is 0.536. The minimum Gasteiger partial charge on any atom is -0.377 e. The summed E-state index contributed by atoms with van der Waals surface area (Å²) >= 11 is 25.9. The fourth-order valence-electron chi connectivity index (χ4n) is 10.8. The third-order valence-corrected chi connectivity index (χ3v) is 19.9. The predicted molar refractivity (Wildman–Crippen MR) is 311 cm³/mol. The van der Waals surface area contributed by atoms with Gasteiger partial charge in [0.25, 0.3) is 0 Å². The second-order valence-corrected chi connectivity index (χ2v) is 26.4. The quantitative estimate of drug-likeness (QED) is 0.0469. The number of carbonyl (C=O) groups is 2. The Bertz CT molecular complexity index is 2770. The summed E-state index contributed by atoms with van der Waals surface area (Å²) in [7, 11) is -3.39. The molecule has 2 atom stereocenters. The molecule has 4 aliphatic rings. The number of ether oxygens (including phenoxy) is 4. The van der Waals surface area contributed by atoms with E-state index in [-0.39, 0.29) is 45.9 Å². The van der Waals surface area contributed by atoms with Crippen molar-refractivity contribution in [1.82, 2.24) is 39.7 Å². The number of hydrogen-bond acceptors (Lipinski definition) is 12. The molecule has 80 heavy (non-hydrogen) atoms. The van der Waals surface area contributed by atoms with Crippen LogP contribution < -0.4 is 21.3 Å². The van der Waals surface area contributed by atoms with Crippen LogP contribution in [0.3, 0.4) is 0 Å². The molecule has 0 aliphatic carbocycles. The van der Waals surface area contributed by atoms with E-state index in [4.69, 9.17) is 65.4 Å². The van der Waals surface area contributed by atoms with Gasteiger partial charge in [-0.15, -0.1) is 0 Å². The van der Waals surface area contributed by atoms with Crippen LogP contribution in [0.4, 0.5) is 9.59 Å². The molecule has 0 radical (unpaired) electrons. The number of fused-ring (bicyclic) bond motifs is 2. The zero-order valence-electron chi connectivity index (χ0n) is 45.4. The van der Waals surface area contributed by atoms with Crippen LogP contribution >= 0.6 is 46.4 Å². The molecule has 0 aromatic heterocycles. The number of unbranched alkanes of at least 4 members (excludes halogenated alkanes) is 1. The standard InChI is InChI=1S/C56H74Cl4N8O10S2/c1-65-35-49(47-31-41(57)33-53(59)51(47)37-65)39-7-5-9-45(29-39)79(71,72)67-19-11-43(12-20-67)77-27-25-75-23-17-63-55(69)61-15-3-4-16-62-56(70)64-18-24-76-26-28-78-44-13-21-68(22-14-44)80(73,74)46-10-6-8-40(30-46)50-36-66(2)38-52-48(50)32-42(58)34-54(52)60/h5-10,29-34,43-44,49-50H,3-4,11-28,35-38H2,1-2H3,(H2,61,63,69)(H2,62,64,70)/t49-,50-/m0/s1. The highest BCUT2D eigenvalue weighted by atomic mass is 35.5. The van der Waals surface area contributed by atoms with Gasteiger partial charge in [-0.25, -0.2) is 26.4 Å². The number of sulfonamides is 2. The van der Waals surface area contributed by atoms with E-state index in [0.717, 1.165) is 33.4 Å². The molecule has 2 saturated heterocycles. The Morgan fingerprint density at radius 1 is 0.525 bits per heavy atom. The second kappa shape index (κ2) is 29.6. The molecular weight excluding hydrogens is 1150 g/mol. The van der Waals surface area contributed by atoms with E-state index in [1.54, 1.807) is 48.5 Å². The summed E-state index contributed by atoms with van der Waals surface area (Å²) in [6, 6.07) is 21.1. The van der Waals surface area contributed by atoms with E-state index < -0.39 is 20.0 Å². The third kappa shape index (κ3) is 16.9. The van der Waals surface area contributed by atoms with Gasteiger partial charge in [0.05, 0.1) is 61.6 Å². The van der Waals surface area contributed by atoms with E-state index in [1.807, 2.05) is 38.4 Å². The topological polar surface area (TPSA) is 200 Å². The largest absolute Gasteiger partial charge is 0.377 e. The van der Waals surface area contributed by atoms with Crippen LogP contribution in [0.5, 0.6) is 0 Å². The first-order valence-corrected chi connectivity index (χ1v) is 31.8. The van der Waals surface area contributed by atoms with Crippen molar-refractivity contribution in [1.29, 1.82) is 0 Å². The Balaban J connectivity index is 0.596. The summed E-state index contributed by atoms with van der Waals surface area (Å²) < 4.78 is 81.5. The molecule has 18 nitrogen and oxygen atoms in total. The van der Waals surface area contributed by atoms with Crippen molar-refractivity contribution in [2.24, 2.45) is 0 Å². The summed E-state index contributed by atoms with van der Waals surface area (Å²) in [5.74, 6) is -0.144. The first kappa shape index (κ1) is 62.2. The third-order valence-electron chi connectivity index (χ3n) is 15.0. The zero-order valence-corrected chi connectivity index (χ0v) is 50.1. The number of hydrogen-bond donors (Lipinski definition) is 4. The second-order valence-electron chi connectivity index (χ2n) is 20.8. The molecular formula is C56H74Cl4N8O10S2. The van der Waals surface area contributed by atoms with Gasteiger partial charge in [0, 0.05) is 110 Å². The number of nitrogens with one attached hydrogen (secondary N) is 4. The Labute approximate surface area is 491 Å². The van der Waals surface area contributed by atoms with Gasteiger partial charge in [-0.3, -0.25) is 0 Å². The molecule has 4 aromatic carbocycles. The maximum atomic E-state index is 13.8. The minimum absolute atomic E-state index is 0.0720. The Morgan fingerprint density at radius 2 is 0.912 bits per heavy atom. The Hall–Kier alpha value is -3.84. The summed E-state index contributed by atoms with van der Waals surface area (Å²) in [6.07, 6.45) is 3.47. The smallest absolute Gasteiger partial charge is 0.314 e. The van der Waals surface area contributed by atoms with Gasteiger partial charge in [-0.05, 0) is 135 Å². The molecule has 4 heterocycles. The summed E-state index contributed by atoms with van der Waals surface area (Å²) in [5, 5.41) is 13.5. The maximum Gasteiger partial charge on any atom is 0.314 e. The number of amides is 4. The molecule has 4 N–H and O–H groups in total. The van der Waals surface area contributed by atoms with Crippen molar-refractivity contribution in [3.05, 3.63) is 126 Å². The molecule has 8 rings (SSSR count). The monoisotopic (exact) mass is 1220 g/mol. The van der Waals surface area contributed by atoms with E-state index >= 15 is 0 Å². The number of piperidine rings is 2. The molecule has 0 unspecified atom stereocenters. The van der Waals surface area contributed by atoms with Crippen molar-refractivity contribution >= 4 is 78.5 Å². The van der Waals surface area contributed by atoms with Gasteiger partial charge in [0.15, 0.2) is 0 Å². The van der Waals surface area contributed by atoms with Crippen LogP contribution in [0.25, 0.3) is 0 Å². The lowest BCUT2D eigenvalue weighted by atomic mass is 9.85. The van der Waals surface area contributed by atoms with Crippen LogP contribution in [0.1, 0.15) is 83.7 Å². The highest BCUT2D eigenvalue weighted by molar-refractivity contribution is 7.89. The van der Waals surface area contributed by atoms with Crippen LogP contribution in [-0.2, 0) is 52.1 Å². The van der Waals surface area contributed by atoms with E-state index in [2.05, 4.69) is 31.1 Å². The molecule has 438 valence electrons. The van der Waals surface area contributed by atoms with E-state index in [1.165, 1.54) is 8.61 Å². The fourth-order valence-corrected chi connectivity index (χ4v) is 15.0. The molecule has 4 aliphatic heterocycles. The van der Waals surface area contributed by atoms with Gasteiger partial charge in [-0.1, -0.05) is 70.7 Å². The molecule has 0 bridgehead atoms. The SMILES string of the molecule is CN1Cc2c(Cl)cc(Cl)cc2[C@H](c2cccc(S(=O)(=O)N3CCC(OCCOCCNC(=O)NCCCCNC(=O)NCCOCCOC4CCN(S(=O)(=O)c5cccc([C@@H]6CN(C)Cc7c(Cl)cc(Cl)cc76)c5)CC4)CC3)c2)C1. The Morgan fingerprint density at radius 3 is 1.31 bits per heavy atom. The summed E-state index contributed by atoms with van der Waals surface area (Å²) in [6.45, 7) is 7.77. The van der Waals surface area contributed by atoms with Crippen LogP contribution in [-0.4, -0.2) is 179 Å².